The monoisotopic (exact) mass is 238 g/mol. The van der Waals surface area contributed by atoms with Crippen LogP contribution in [0.15, 0.2) is 6.07 Å². The first-order valence-corrected chi connectivity index (χ1v) is 6.18. The summed E-state index contributed by atoms with van der Waals surface area (Å²) < 4.78 is 7.48. The molecule has 0 bridgehead atoms. The molecule has 0 saturated carbocycles. The van der Waals surface area contributed by atoms with Crippen LogP contribution in [0.25, 0.3) is 0 Å². The van der Waals surface area contributed by atoms with Gasteiger partial charge in [0, 0.05) is 31.1 Å². The standard InChI is InChI=1S/C13H22N2O2/c1-4-11-9-12(13(14)16)10(3)15(11)7-6-8-17-5-2/h9H,4-8H2,1-3H3,(H2,14,16). The van der Waals surface area contributed by atoms with Crippen LogP contribution in [-0.4, -0.2) is 23.7 Å². The second-order valence-electron chi connectivity index (χ2n) is 4.05. The fraction of sp³-hybridized carbons (Fsp3) is 0.615. The van der Waals surface area contributed by atoms with Gasteiger partial charge in [-0.1, -0.05) is 6.92 Å². The van der Waals surface area contributed by atoms with Gasteiger partial charge in [0.15, 0.2) is 0 Å². The van der Waals surface area contributed by atoms with E-state index in [4.69, 9.17) is 10.5 Å². The van der Waals surface area contributed by atoms with Crippen molar-refractivity contribution < 1.29 is 9.53 Å². The molecule has 0 saturated heterocycles. The summed E-state index contributed by atoms with van der Waals surface area (Å²) in [6.07, 6.45) is 1.86. The Kier molecular flexibility index (Phi) is 5.22. The van der Waals surface area contributed by atoms with Crippen molar-refractivity contribution in [1.29, 1.82) is 0 Å². The lowest BCUT2D eigenvalue weighted by Crippen LogP contribution is -2.13. The average Bonchev–Trinajstić information content (AvgIpc) is 2.62. The Balaban J connectivity index is 2.78. The number of aryl methyl sites for hydroxylation is 1. The van der Waals surface area contributed by atoms with Crippen molar-refractivity contribution in [3.63, 3.8) is 0 Å². The second kappa shape index (κ2) is 6.45. The van der Waals surface area contributed by atoms with Crippen LogP contribution in [0.4, 0.5) is 0 Å². The van der Waals surface area contributed by atoms with Crippen molar-refractivity contribution >= 4 is 5.91 Å². The molecule has 0 aliphatic heterocycles. The first-order chi connectivity index (χ1) is 8.11. The minimum absolute atomic E-state index is 0.347. The first-order valence-electron chi connectivity index (χ1n) is 6.18. The number of primary amides is 1. The Morgan fingerprint density at radius 1 is 1.47 bits per heavy atom. The van der Waals surface area contributed by atoms with Gasteiger partial charge in [-0.25, -0.2) is 0 Å². The molecule has 0 atom stereocenters. The fourth-order valence-electron chi connectivity index (χ4n) is 2.03. The van der Waals surface area contributed by atoms with Crippen LogP contribution < -0.4 is 5.73 Å². The van der Waals surface area contributed by atoms with Crippen molar-refractivity contribution in [2.75, 3.05) is 13.2 Å². The van der Waals surface area contributed by atoms with Gasteiger partial charge in [0.2, 0.25) is 0 Å². The van der Waals surface area contributed by atoms with E-state index >= 15 is 0 Å². The molecular formula is C13H22N2O2. The van der Waals surface area contributed by atoms with Crippen molar-refractivity contribution in [2.24, 2.45) is 5.73 Å². The zero-order valence-corrected chi connectivity index (χ0v) is 11.0. The number of amides is 1. The molecule has 0 fully saturated rings. The zero-order valence-electron chi connectivity index (χ0n) is 11.0. The summed E-state index contributed by atoms with van der Waals surface area (Å²) in [5, 5.41) is 0. The largest absolute Gasteiger partial charge is 0.382 e. The van der Waals surface area contributed by atoms with Gasteiger partial charge in [-0.15, -0.1) is 0 Å². The number of aromatic nitrogens is 1. The van der Waals surface area contributed by atoms with E-state index in [2.05, 4.69) is 11.5 Å². The molecule has 1 aromatic heterocycles. The van der Waals surface area contributed by atoms with E-state index in [0.29, 0.717) is 5.56 Å². The van der Waals surface area contributed by atoms with Crippen LogP contribution in [-0.2, 0) is 17.7 Å². The number of nitrogens with zero attached hydrogens (tertiary/aromatic N) is 1. The number of carbonyl (C=O) groups excluding carboxylic acids is 1. The SMILES string of the molecule is CCOCCCn1c(CC)cc(C(N)=O)c1C. The highest BCUT2D eigenvalue weighted by atomic mass is 16.5. The highest BCUT2D eigenvalue weighted by molar-refractivity contribution is 5.94. The Hall–Kier alpha value is -1.29. The molecule has 0 radical (unpaired) electrons. The Morgan fingerprint density at radius 3 is 2.71 bits per heavy atom. The number of carbonyl (C=O) groups is 1. The van der Waals surface area contributed by atoms with Crippen molar-refractivity contribution in [2.45, 2.75) is 40.2 Å². The Labute approximate surface area is 103 Å². The minimum Gasteiger partial charge on any atom is -0.382 e. The predicted molar refractivity (Wildman–Crippen MR) is 68.2 cm³/mol. The highest BCUT2D eigenvalue weighted by Gasteiger charge is 2.13. The van der Waals surface area contributed by atoms with E-state index in [1.807, 2.05) is 19.9 Å². The average molecular weight is 238 g/mol. The normalized spacial score (nSPS) is 10.8. The van der Waals surface area contributed by atoms with Gasteiger partial charge in [0.25, 0.3) is 5.91 Å². The third-order valence-corrected chi connectivity index (χ3v) is 2.95. The van der Waals surface area contributed by atoms with E-state index in [1.165, 1.54) is 0 Å². The third kappa shape index (κ3) is 3.33. The van der Waals surface area contributed by atoms with Gasteiger partial charge in [0.1, 0.15) is 0 Å². The van der Waals surface area contributed by atoms with E-state index in [9.17, 15) is 4.79 Å². The third-order valence-electron chi connectivity index (χ3n) is 2.95. The van der Waals surface area contributed by atoms with E-state index in [-0.39, 0.29) is 5.91 Å². The van der Waals surface area contributed by atoms with Gasteiger partial charge in [-0.3, -0.25) is 4.79 Å². The number of hydrogen-bond donors (Lipinski definition) is 1. The molecule has 2 N–H and O–H groups in total. The van der Waals surface area contributed by atoms with Crippen LogP contribution in [0.2, 0.25) is 0 Å². The maximum absolute atomic E-state index is 11.3. The number of ether oxygens (including phenoxy) is 1. The van der Waals surface area contributed by atoms with Gasteiger partial charge in [-0.05, 0) is 32.8 Å². The van der Waals surface area contributed by atoms with Crippen LogP contribution in [0, 0.1) is 6.92 Å². The molecule has 1 rings (SSSR count). The molecule has 96 valence electrons. The van der Waals surface area contributed by atoms with Crippen LogP contribution in [0.5, 0.6) is 0 Å². The van der Waals surface area contributed by atoms with Crippen LogP contribution in [0.3, 0.4) is 0 Å². The van der Waals surface area contributed by atoms with E-state index in [1.54, 1.807) is 0 Å². The maximum Gasteiger partial charge on any atom is 0.250 e. The number of hydrogen-bond acceptors (Lipinski definition) is 2. The van der Waals surface area contributed by atoms with Crippen LogP contribution >= 0.6 is 0 Å². The molecule has 0 aliphatic carbocycles. The molecule has 0 aromatic carbocycles. The van der Waals surface area contributed by atoms with Gasteiger partial charge >= 0.3 is 0 Å². The fourth-order valence-corrected chi connectivity index (χ4v) is 2.03. The summed E-state index contributed by atoms with van der Waals surface area (Å²) in [6.45, 7) is 8.39. The molecule has 0 spiro atoms. The molecule has 4 heteroatoms. The summed E-state index contributed by atoms with van der Waals surface area (Å²) >= 11 is 0. The van der Waals surface area contributed by atoms with E-state index < -0.39 is 0 Å². The second-order valence-corrected chi connectivity index (χ2v) is 4.05. The van der Waals surface area contributed by atoms with Crippen molar-refractivity contribution in [3.8, 4) is 0 Å². The molecule has 4 nitrogen and oxygen atoms in total. The molecule has 0 unspecified atom stereocenters. The summed E-state index contributed by atoms with van der Waals surface area (Å²) in [5.41, 5.74) is 8.11. The predicted octanol–water partition coefficient (Wildman–Crippen LogP) is 1.88. The quantitative estimate of drug-likeness (QED) is 0.737. The summed E-state index contributed by atoms with van der Waals surface area (Å²) in [4.78, 5) is 11.3. The zero-order chi connectivity index (χ0) is 12.8. The van der Waals surface area contributed by atoms with Gasteiger partial charge < -0.3 is 15.0 Å². The molecule has 1 amide bonds. The minimum atomic E-state index is -0.347. The van der Waals surface area contributed by atoms with Gasteiger partial charge in [-0.2, -0.15) is 0 Å². The summed E-state index contributed by atoms with van der Waals surface area (Å²) in [5.74, 6) is -0.347. The smallest absolute Gasteiger partial charge is 0.250 e. The topological polar surface area (TPSA) is 57.2 Å². The highest BCUT2D eigenvalue weighted by Crippen LogP contribution is 2.16. The van der Waals surface area contributed by atoms with Gasteiger partial charge in [0.05, 0.1) is 5.56 Å². The number of rotatable bonds is 7. The molecule has 17 heavy (non-hydrogen) atoms. The summed E-state index contributed by atoms with van der Waals surface area (Å²) in [7, 11) is 0. The summed E-state index contributed by atoms with van der Waals surface area (Å²) in [6, 6.07) is 1.90. The van der Waals surface area contributed by atoms with E-state index in [0.717, 1.165) is 44.0 Å². The Bertz CT molecular complexity index is 383. The molecule has 1 heterocycles. The lowest BCUT2D eigenvalue weighted by Gasteiger charge is -2.10. The van der Waals surface area contributed by atoms with Crippen LogP contribution in [0.1, 0.15) is 42.0 Å². The molecule has 1 aromatic rings. The lowest BCUT2D eigenvalue weighted by molar-refractivity contribution is 0.0999. The molecular weight excluding hydrogens is 216 g/mol. The first kappa shape index (κ1) is 13.8. The molecule has 0 aliphatic rings. The van der Waals surface area contributed by atoms with Crippen molar-refractivity contribution in [3.05, 3.63) is 23.0 Å². The lowest BCUT2D eigenvalue weighted by atomic mass is 10.2. The number of nitrogens with two attached hydrogens (primary N) is 1. The maximum atomic E-state index is 11.3. The van der Waals surface area contributed by atoms with Crippen molar-refractivity contribution in [1.82, 2.24) is 4.57 Å². The Morgan fingerprint density at radius 2 is 2.18 bits per heavy atom.